The van der Waals surface area contributed by atoms with Gasteiger partial charge >= 0.3 is 0 Å². The van der Waals surface area contributed by atoms with E-state index in [2.05, 4.69) is 27.4 Å². The van der Waals surface area contributed by atoms with Crippen molar-refractivity contribution in [3.63, 3.8) is 0 Å². The Labute approximate surface area is 167 Å². The Morgan fingerprint density at radius 1 is 1.25 bits per heavy atom. The normalized spacial score (nSPS) is 24.5. The maximum atomic E-state index is 13.1. The molecule has 0 aliphatic carbocycles. The summed E-state index contributed by atoms with van der Waals surface area (Å²) in [7, 11) is 0. The molecule has 0 radical (unpaired) electrons. The van der Waals surface area contributed by atoms with E-state index < -0.39 is 11.6 Å². The molecule has 1 amide bonds. The van der Waals surface area contributed by atoms with Crippen LogP contribution < -0.4 is 5.32 Å². The minimum absolute atomic E-state index is 0.179. The van der Waals surface area contributed by atoms with Crippen molar-refractivity contribution in [1.29, 1.82) is 0 Å². The van der Waals surface area contributed by atoms with Gasteiger partial charge in [0.15, 0.2) is 0 Å². The third-order valence-corrected chi connectivity index (χ3v) is 6.15. The van der Waals surface area contributed by atoms with Gasteiger partial charge in [-0.05, 0) is 24.0 Å². The Bertz CT molecular complexity index is 1070. The van der Waals surface area contributed by atoms with Crippen LogP contribution in [-0.2, 0) is 13.0 Å². The van der Waals surface area contributed by atoms with Crippen molar-refractivity contribution in [1.82, 2.24) is 24.6 Å². The lowest BCUT2D eigenvalue weighted by atomic mass is 9.76. The molecule has 1 aromatic carbocycles. The van der Waals surface area contributed by atoms with Gasteiger partial charge in [-0.1, -0.05) is 35.9 Å². The Hall–Kier alpha value is -2.48. The topological polar surface area (TPSA) is 82.8 Å². The van der Waals surface area contributed by atoms with Gasteiger partial charge in [0.1, 0.15) is 5.69 Å². The molecule has 2 aromatic heterocycles. The van der Waals surface area contributed by atoms with Crippen LogP contribution in [0.4, 0.5) is 0 Å². The summed E-state index contributed by atoms with van der Waals surface area (Å²) in [5, 5.41) is 14.9. The number of nitrogens with one attached hydrogen (secondary N) is 1. The van der Waals surface area contributed by atoms with E-state index in [-0.39, 0.29) is 12.5 Å². The lowest BCUT2D eigenvalue weighted by Crippen LogP contribution is -2.65. The van der Waals surface area contributed by atoms with Crippen molar-refractivity contribution < 1.29 is 9.90 Å². The van der Waals surface area contributed by atoms with Gasteiger partial charge in [-0.2, -0.15) is 0 Å². The summed E-state index contributed by atoms with van der Waals surface area (Å²) < 4.78 is 1.59. The van der Waals surface area contributed by atoms with E-state index >= 15 is 0 Å². The van der Waals surface area contributed by atoms with Crippen molar-refractivity contribution in [2.45, 2.75) is 31.0 Å². The number of β-amino-alcohol motifs (C(OH)–C–C–N with tert-alkyl or cyclic N) is 1. The summed E-state index contributed by atoms with van der Waals surface area (Å²) in [6.45, 7) is 1.57. The zero-order valence-corrected chi connectivity index (χ0v) is 15.9. The lowest BCUT2D eigenvalue weighted by molar-refractivity contribution is -0.0140. The maximum absolute atomic E-state index is 13.1. The van der Waals surface area contributed by atoms with E-state index in [1.165, 1.54) is 23.5 Å². The summed E-state index contributed by atoms with van der Waals surface area (Å²) >= 11 is 6.02. The second-order valence-electron chi connectivity index (χ2n) is 7.56. The molecule has 7 nitrogen and oxygen atoms in total. The number of carbonyl (C=O) groups excluding carboxylic acids is 1. The number of hydrogen-bond acceptors (Lipinski definition) is 5. The third kappa shape index (κ3) is 2.78. The summed E-state index contributed by atoms with van der Waals surface area (Å²) in [4.78, 5) is 23.0. The Balaban J connectivity index is 1.37. The molecule has 2 atom stereocenters. The van der Waals surface area contributed by atoms with Crippen LogP contribution in [0.5, 0.6) is 0 Å². The van der Waals surface area contributed by atoms with Crippen LogP contribution in [0.25, 0.3) is 5.78 Å². The van der Waals surface area contributed by atoms with E-state index in [0.717, 1.165) is 13.0 Å². The molecule has 28 heavy (non-hydrogen) atoms. The van der Waals surface area contributed by atoms with Gasteiger partial charge in [-0.3, -0.25) is 9.20 Å². The second-order valence-corrected chi connectivity index (χ2v) is 7.99. The Kier molecular flexibility index (Phi) is 4.12. The number of amides is 1. The van der Waals surface area contributed by atoms with E-state index in [1.807, 2.05) is 12.1 Å². The smallest absolute Gasteiger partial charge is 0.272 e. The molecule has 1 saturated heterocycles. The average Bonchev–Trinajstić information content (AvgIpc) is 3.12. The molecular formula is C20H20ClN5O2. The molecule has 0 saturated carbocycles. The number of piperidine rings is 1. The van der Waals surface area contributed by atoms with Gasteiger partial charge in [0, 0.05) is 25.8 Å². The Morgan fingerprint density at radius 2 is 2.04 bits per heavy atom. The number of imidazole rings is 1. The second kappa shape index (κ2) is 6.55. The lowest BCUT2D eigenvalue weighted by Gasteiger charge is -2.48. The quantitative estimate of drug-likeness (QED) is 0.652. The predicted molar refractivity (Wildman–Crippen MR) is 104 cm³/mol. The van der Waals surface area contributed by atoms with E-state index in [4.69, 9.17) is 11.6 Å². The molecule has 4 heterocycles. The van der Waals surface area contributed by atoms with Crippen LogP contribution in [0.3, 0.4) is 0 Å². The fourth-order valence-corrected chi connectivity index (χ4v) is 4.47. The molecule has 1 spiro atoms. The van der Waals surface area contributed by atoms with Gasteiger partial charge in [-0.15, -0.1) is 0 Å². The fourth-order valence-electron chi connectivity index (χ4n) is 4.32. The number of rotatable bonds is 1. The van der Waals surface area contributed by atoms with E-state index in [9.17, 15) is 9.90 Å². The van der Waals surface area contributed by atoms with Gasteiger partial charge < -0.3 is 15.3 Å². The molecule has 2 N–H and O–H groups in total. The SMILES string of the molecule is O=C(c1cnc2ncc(Cl)cn12)N1CC[C@]2(Cc3ccccc3CN2)[C@H](O)C1. The summed E-state index contributed by atoms with van der Waals surface area (Å²) in [5.74, 6) is 0.244. The monoisotopic (exact) mass is 397 g/mol. The van der Waals surface area contributed by atoms with Gasteiger partial charge in [0.05, 0.1) is 29.1 Å². The first-order valence-corrected chi connectivity index (χ1v) is 9.71. The average molecular weight is 398 g/mol. The van der Waals surface area contributed by atoms with Crippen molar-refractivity contribution in [2.24, 2.45) is 0 Å². The molecule has 8 heteroatoms. The van der Waals surface area contributed by atoms with Gasteiger partial charge in [0.25, 0.3) is 5.91 Å². The van der Waals surface area contributed by atoms with Crippen LogP contribution in [-0.4, -0.2) is 55.0 Å². The molecular weight excluding hydrogens is 378 g/mol. The van der Waals surface area contributed by atoms with Crippen LogP contribution in [0, 0.1) is 0 Å². The molecule has 3 aromatic rings. The maximum Gasteiger partial charge on any atom is 0.272 e. The number of aliphatic hydroxyl groups excluding tert-OH is 1. The van der Waals surface area contributed by atoms with Crippen LogP contribution in [0.15, 0.2) is 42.9 Å². The van der Waals surface area contributed by atoms with Crippen molar-refractivity contribution >= 4 is 23.3 Å². The number of benzene rings is 1. The zero-order valence-electron chi connectivity index (χ0n) is 15.2. The van der Waals surface area contributed by atoms with Crippen LogP contribution in [0.2, 0.25) is 5.02 Å². The molecule has 144 valence electrons. The predicted octanol–water partition coefficient (Wildman–Crippen LogP) is 1.67. The van der Waals surface area contributed by atoms with Crippen molar-refractivity contribution in [3.05, 3.63) is 64.7 Å². The number of fused-ring (bicyclic) bond motifs is 2. The van der Waals surface area contributed by atoms with Crippen LogP contribution >= 0.6 is 11.6 Å². The molecule has 2 aliphatic rings. The highest BCUT2D eigenvalue weighted by Gasteiger charge is 2.45. The van der Waals surface area contributed by atoms with E-state index in [0.29, 0.717) is 29.5 Å². The molecule has 0 bridgehead atoms. The fraction of sp³-hybridized carbons (Fsp3) is 0.350. The van der Waals surface area contributed by atoms with Crippen molar-refractivity contribution in [3.8, 4) is 0 Å². The number of hydrogen-bond donors (Lipinski definition) is 2. The Morgan fingerprint density at radius 3 is 2.86 bits per heavy atom. The largest absolute Gasteiger partial charge is 0.389 e. The minimum Gasteiger partial charge on any atom is -0.389 e. The van der Waals surface area contributed by atoms with Gasteiger partial charge in [0.2, 0.25) is 5.78 Å². The first-order chi connectivity index (χ1) is 13.6. The number of halogens is 1. The summed E-state index contributed by atoms with van der Waals surface area (Å²) in [6, 6.07) is 8.31. The zero-order chi connectivity index (χ0) is 19.3. The number of likely N-dealkylation sites (tertiary alicyclic amines) is 1. The molecule has 1 fully saturated rings. The highest BCUT2D eigenvalue weighted by Crippen LogP contribution is 2.32. The number of aromatic nitrogens is 3. The summed E-state index contributed by atoms with van der Waals surface area (Å²) in [5.41, 5.74) is 2.54. The van der Waals surface area contributed by atoms with Crippen molar-refractivity contribution in [2.75, 3.05) is 13.1 Å². The standard InChI is InChI=1S/C20H20ClN5O2/c21-15-9-22-19-23-10-16(26(19)11-15)18(28)25-6-5-20(17(27)12-25)7-13-3-1-2-4-14(13)8-24-20/h1-4,9-11,17,24,27H,5-8,12H2/t17-,20+/m1/s1. The van der Waals surface area contributed by atoms with Crippen LogP contribution in [0.1, 0.15) is 28.0 Å². The highest BCUT2D eigenvalue weighted by molar-refractivity contribution is 6.30. The first kappa shape index (κ1) is 17.6. The number of nitrogens with zero attached hydrogens (tertiary/aromatic N) is 4. The number of aliphatic hydroxyl groups is 1. The highest BCUT2D eigenvalue weighted by atomic mass is 35.5. The first-order valence-electron chi connectivity index (χ1n) is 9.33. The minimum atomic E-state index is -0.653. The molecule has 2 aliphatic heterocycles. The molecule has 0 unspecified atom stereocenters. The summed E-state index contributed by atoms with van der Waals surface area (Å²) in [6.07, 6.45) is 5.43. The third-order valence-electron chi connectivity index (χ3n) is 5.95. The number of carbonyl (C=O) groups is 1. The van der Waals surface area contributed by atoms with Gasteiger partial charge in [-0.25, -0.2) is 9.97 Å². The molecule has 5 rings (SSSR count). The van der Waals surface area contributed by atoms with E-state index in [1.54, 1.807) is 15.5 Å².